The summed E-state index contributed by atoms with van der Waals surface area (Å²) in [4.78, 5) is 15.2. The van der Waals surface area contributed by atoms with Gasteiger partial charge in [-0.2, -0.15) is 0 Å². The maximum absolute atomic E-state index is 12.9. The number of ketones is 1. The van der Waals surface area contributed by atoms with Crippen molar-refractivity contribution < 1.29 is 4.79 Å². The molecule has 4 rings (SSSR count). The van der Waals surface area contributed by atoms with E-state index in [1.165, 1.54) is 16.7 Å². The number of benzene rings is 4. The molecule has 0 saturated carbocycles. The standard InChI is InChI=1S/C30H26INO/c1-23-12-14-24(15-13-23)16-19-30(33)28-18-17-27(20-29(28)31)32(21-25-8-4-2-5-9-25)22-26-10-6-3-7-11-26/h2-20H,21-22H2,1H3/b19-16+. The number of carbonyl (C=O) groups is 1. The zero-order chi connectivity index (χ0) is 23.0. The molecule has 0 N–H and O–H groups in total. The van der Waals surface area contributed by atoms with Crippen molar-refractivity contribution in [3.63, 3.8) is 0 Å². The SMILES string of the molecule is Cc1ccc(/C=C/C(=O)c2ccc(N(Cc3ccccc3)Cc3ccccc3)cc2I)cc1. The van der Waals surface area contributed by atoms with Crippen LogP contribution in [0, 0.1) is 10.5 Å². The van der Waals surface area contributed by atoms with Gasteiger partial charge in [-0.3, -0.25) is 4.79 Å². The molecule has 2 nitrogen and oxygen atoms in total. The van der Waals surface area contributed by atoms with Gasteiger partial charge in [0.05, 0.1) is 0 Å². The Morgan fingerprint density at radius 2 is 1.36 bits per heavy atom. The molecule has 0 aliphatic rings. The summed E-state index contributed by atoms with van der Waals surface area (Å²) >= 11 is 2.27. The number of rotatable bonds is 8. The van der Waals surface area contributed by atoms with Crippen LogP contribution in [0.15, 0.2) is 109 Å². The molecule has 3 heteroatoms. The minimum Gasteiger partial charge on any atom is -0.363 e. The Hall–Kier alpha value is -3.18. The first-order valence-corrected chi connectivity index (χ1v) is 12.1. The molecule has 0 unspecified atom stereocenters. The molecule has 0 amide bonds. The van der Waals surface area contributed by atoms with E-state index in [1.807, 2.05) is 36.4 Å². The molecule has 0 aliphatic carbocycles. The molecule has 0 aromatic heterocycles. The van der Waals surface area contributed by atoms with E-state index in [4.69, 9.17) is 0 Å². The molecule has 0 atom stereocenters. The molecule has 164 valence electrons. The Morgan fingerprint density at radius 1 is 0.788 bits per heavy atom. The van der Waals surface area contributed by atoms with Gasteiger partial charge in [-0.05, 0) is 70.5 Å². The summed E-state index contributed by atoms with van der Waals surface area (Å²) in [6.07, 6.45) is 3.54. The van der Waals surface area contributed by atoms with Gasteiger partial charge in [0.2, 0.25) is 0 Å². The zero-order valence-electron chi connectivity index (χ0n) is 18.6. The minimum absolute atomic E-state index is 0.0178. The minimum atomic E-state index is 0.0178. The third-order valence-corrected chi connectivity index (χ3v) is 6.41. The number of nitrogens with zero attached hydrogens (tertiary/aromatic N) is 1. The van der Waals surface area contributed by atoms with Crippen LogP contribution in [0.3, 0.4) is 0 Å². The Labute approximate surface area is 209 Å². The van der Waals surface area contributed by atoms with Crippen molar-refractivity contribution in [1.29, 1.82) is 0 Å². The normalized spacial score (nSPS) is 11.0. The van der Waals surface area contributed by atoms with E-state index in [-0.39, 0.29) is 5.78 Å². The van der Waals surface area contributed by atoms with Crippen LogP contribution >= 0.6 is 22.6 Å². The lowest BCUT2D eigenvalue weighted by atomic mass is 10.1. The van der Waals surface area contributed by atoms with E-state index in [2.05, 4.69) is 107 Å². The fourth-order valence-electron chi connectivity index (χ4n) is 3.69. The summed E-state index contributed by atoms with van der Waals surface area (Å²) in [5, 5.41) is 0. The van der Waals surface area contributed by atoms with Gasteiger partial charge in [-0.1, -0.05) is 96.6 Å². The topological polar surface area (TPSA) is 20.3 Å². The molecule has 0 bridgehead atoms. The van der Waals surface area contributed by atoms with Gasteiger partial charge in [-0.25, -0.2) is 0 Å². The number of carbonyl (C=O) groups excluding carboxylic acids is 1. The van der Waals surface area contributed by atoms with Gasteiger partial charge in [0.1, 0.15) is 0 Å². The van der Waals surface area contributed by atoms with Gasteiger partial charge < -0.3 is 4.90 Å². The summed E-state index contributed by atoms with van der Waals surface area (Å²) in [5.74, 6) is 0.0178. The van der Waals surface area contributed by atoms with Crippen molar-refractivity contribution in [2.24, 2.45) is 0 Å². The highest BCUT2D eigenvalue weighted by Crippen LogP contribution is 2.25. The molecule has 0 radical (unpaired) electrons. The molecule has 33 heavy (non-hydrogen) atoms. The monoisotopic (exact) mass is 543 g/mol. The second-order valence-corrected chi connectivity index (χ2v) is 9.26. The largest absolute Gasteiger partial charge is 0.363 e. The lowest BCUT2D eigenvalue weighted by molar-refractivity contribution is 0.104. The Kier molecular flexibility index (Phi) is 7.74. The van der Waals surface area contributed by atoms with Crippen molar-refractivity contribution in [1.82, 2.24) is 0 Å². The number of hydrogen-bond donors (Lipinski definition) is 0. The van der Waals surface area contributed by atoms with Gasteiger partial charge >= 0.3 is 0 Å². The number of hydrogen-bond acceptors (Lipinski definition) is 2. The first-order valence-electron chi connectivity index (χ1n) is 11.0. The molecule has 0 heterocycles. The predicted octanol–water partition coefficient (Wildman–Crippen LogP) is 7.70. The molecule has 0 saturated heterocycles. The van der Waals surface area contributed by atoms with Crippen molar-refractivity contribution in [3.05, 3.63) is 141 Å². The summed E-state index contributed by atoms with van der Waals surface area (Å²) in [6, 6.07) is 35.2. The average Bonchev–Trinajstić information content (AvgIpc) is 2.84. The highest BCUT2D eigenvalue weighted by molar-refractivity contribution is 14.1. The van der Waals surface area contributed by atoms with Crippen LogP contribution in [0.25, 0.3) is 6.08 Å². The summed E-state index contributed by atoms with van der Waals surface area (Å²) in [7, 11) is 0. The van der Waals surface area contributed by atoms with Gasteiger partial charge in [-0.15, -0.1) is 0 Å². The maximum atomic E-state index is 12.9. The summed E-state index contributed by atoms with van der Waals surface area (Å²) in [5.41, 5.74) is 6.57. The van der Waals surface area contributed by atoms with E-state index < -0.39 is 0 Å². The Morgan fingerprint density at radius 3 is 1.91 bits per heavy atom. The van der Waals surface area contributed by atoms with Crippen molar-refractivity contribution in [2.45, 2.75) is 20.0 Å². The number of aryl methyl sites for hydroxylation is 1. The van der Waals surface area contributed by atoms with E-state index >= 15 is 0 Å². The number of anilines is 1. The van der Waals surface area contributed by atoms with Crippen LogP contribution in [0.4, 0.5) is 5.69 Å². The fraction of sp³-hybridized carbons (Fsp3) is 0.100. The van der Waals surface area contributed by atoms with Gasteiger partial charge in [0.15, 0.2) is 5.78 Å². The van der Waals surface area contributed by atoms with Crippen molar-refractivity contribution >= 4 is 40.1 Å². The second-order valence-electron chi connectivity index (χ2n) is 8.10. The molecular weight excluding hydrogens is 517 g/mol. The van der Waals surface area contributed by atoms with E-state index in [0.29, 0.717) is 0 Å². The highest BCUT2D eigenvalue weighted by Gasteiger charge is 2.13. The van der Waals surface area contributed by atoms with Gasteiger partial charge in [0, 0.05) is 27.9 Å². The van der Waals surface area contributed by atoms with E-state index in [9.17, 15) is 4.79 Å². The summed E-state index contributed by atoms with van der Waals surface area (Å²) < 4.78 is 0.953. The second kappa shape index (κ2) is 11.1. The molecule has 4 aromatic carbocycles. The molecule has 0 spiro atoms. The Bertz CT molecular complexity index is 1190. The lowest BCUT2D eigenvalue weighted by Gasteiger charge is -2.26. The quantitative estimate of drug-likeness (QED) is 0.129. The molecular formula is C30H26INO. The smallest absolute Gasteiger partial charge is 0.186 e. The Balaban J connectivity index is 1.56. The highest BCUT2D eigenvalue weighted by atomic mass is 127. The van der Waals surface area contributed by atoms with Crippen molar-refractivity contribution in [2.75, 3.05) is 4.90 Å². The van der Waals surface area contributed by atoms with Crippen LogP contribution < -0.4 is 4.90 Å². The van der Waals surface area contributed by atoms with Crippen LogP contribution in [0.1, 0.15) is 32.6 Å². The van der Waals surface area contributed by atoms with Crippen LogP contribution in [-0.2, 0) is 13.1 Å². The third-order valence-electron chi connectivity index (χ3n) is 5.52. The molecule has 0 aliphatic heterocycles. The summed E-state index contributed by atoms with van der Waals surface area (Å²) in [6.45, 7) is 3.65. The first-order chi connectivity index (χ1) is 16.1. The lowest BCUT2D eigenvalue weighted by Crippen LogP contribution is -2.22. The average molecular weight is 543 g/mol. The van der Waals surface area contributed by atoms with Gasteiger partial charge in [0.25, 0.3) is 0 Å². The molecule has 4 aromatic rings. The zero-order valence-corrected chi connectivity index (χ0v) is 20.8. The van der Waals surface area contributed by atoms with Crippen LogP contribution in [0.5, 0.6) is 0 Å². The number of halogens is 1. The van der Waals surface area contributed by atoms with E-state index in [1.54, 1.807) is 6.08 Å². The van der Waals surface area contributed by atoms with Crippen LogP contribution in [-0.4, -0.2) is 5.78 Å². The van der Waals surface area contributed by atoms with E-state index in [0.717, 1.165) is 33.5 Å². The fourth-order valence-corrected chi connectivity index (χ4v) is 4.45. The number of allylic oxidation sites excluding steroid dienone is 1. The first kappa shape index (κ1) is 23.0. The molecule has 0 fully saturated rings. The maximum Gasteiger partial charge on any atom is 0.186 e. The van der Waals surface area contributed by atoms with Crippen molar-refractivity contribution in [3.8, 4) is 0 Å². The van der Waals surface area contributed by atoms with Crippen LogP contribution in [0.2, 0.25) is 0 Å². The predicted molar refractivity (Wildman–Crippen MR) is 146 cm³/mol. The third kappa shape index (κ3) is 6.42.